The summed E-state index contributed by atoms with van der Waals surface area (Å²) in [6.07, 6.45) is -4.00. The van der Waals surface area contributed by atoms with Gasteiger partial charge in [0.1, 0.15) is 16.3 Å². The Labute approximate surface area is 211 Å². The number of ether oxygens (including phenoxy) is 4. The van der Waals surface area contributed by atoms with Crippen molar-refractivity contribution in [3.05, 3.63) is 65.7 Å². The number of likely N-dealkylation sites (tertiary alicyclic amines) is 1. The van der Waals surface area contributed by atoms with Crippen LogP contribution in [0.4, 0.5) is 13.2 Å². The number of fused-ring (bicyclic) bond motifs is 1. The van der Waals surface area contributed by atoms with Gasteiger partial charge in [0.2, 0.25) is 0 Å². The zero-order valence-electron chi connectivity index (χ0n) is 19.8. The standard InChI is InChI=1S/C26H24F3NO5S/c1-32-21-15-18(14-20(22(21)33-2)26(27,28)29)23(36)30-12-6-11-25(30,24(31)34-3)35-19-10-9-16-7-4-5-8-17(16)13-19/h4-5,7-10,13-15H,6,11-12H2,1-3H3. The molecule has 1 saturated heterocycles. The number of nitrogens with zero attached hydrogens (tertiary/aromatic N) is 1. The van der Waals surface area contributed by atoms with E-state index >= 15 is 0 Å². The van der Waals surface area contributed by atoms with Crippen LogP contribution in [0.5, 0.6) is 17.2 Å². The van der Waals surface area contributed by atoms with Crippen LogP contribution in [0, 0.1) is 0 Å². The third-order valence-electron chi connectivity index (χ3n) is 6.12. The first-order chi connectivity index (χ1) is 17.1. The molecule has 190 valence electrons. The number of methoxy groups -OCH3 is 3. The Morgan fingerprint density at radius 3 is 2.36 bits per heavy atom. The summed E-state index contributed by atoms with van der Waals surface area (Å²) in [5.74, 6) is -0.892. The molecule has 1 aliphatic heterocycles. The Morgan fingerprint density at radius 1 is 1.00 bits per heavy atom. The summed E-state index contributed by atoms with van der Waals surface area (Å²) in [6.45, 7) is 0.275. The lowest BCUT2D eigenvalue weighted by Crippen LogP contribution is -2.57. The van der Waals surface area contributed by atoms with Gasteiger partial charge < -0.3 is 23.8 Å². The van der Waals surface area contributed by atoms with Gasteiger partial charge in [0.25, 0.3) is 5.72 Å². The molecule has 4 rings (SSSR count). The average Bonchev–Trinajstić information content (AvgIpc) is 3.30. The van der Waals surface area contributed by atoms with Gasteiger partial charge in [-0.1, -0.05) is 42.5 Å². The minimum Gasteiger partial charge on any atom is -0.493 e. The fourth-order valence-corrected chi connectivity index (χ4v) is 4.81. The van der Waals surface area contributed by atoms with E-state index in [1.165, 1.54) is 25.2 Å². The molecule has 0 radical (unpaired) electrons. The topological polar surface area (TPSA) is 57.2 Å². The zero-order valence-corrected chi connectivity index (χ0v) is 20.7. The fraction of sp³-hybridized carbons (Fsp3) is 0.308. The Morgan fingerprint density at radius 2 is 1.72 bits per heavy atom. The van der Waals surface area contributed by atoms with Gasteiger partial charge in [-0.05, 0) is 41.5 Å². The van der Waals surface area contributed by atoms with Crippen molar-refractivity contribution in [1.29, 1.82) is 0 Å². The average molecular weight is 520 g/mol. The summed E-state index contributed by atoms with van der Waals surface area (Å²) < 4.78 is 63.0. The Bertz CT molecular complexity index is 1310. The van der Waals surface area contributed by atoms with Gasteiger partial charge in [-0.15, -0.1) is 0 Å². The highest BCUT2D eigenvalue weighted by atomic mass is 32.1. The Hall–Kier alpha value is -3.53. The molecule has 1 aliphatic rings. The Balaban J connectivity index is 1.78. The van der Waals surface area contributed by atoms with Gasteiger partial charge in [-0.3, -0.25) is 0 Å². The van der Waals surface area contributed by atoms with Crippen molar-refractivity contribution in [3.8, 4) is 17.2 Å². The lowest BCUT2D eigenvalue weighted by Gasteiger charge is -2.37. The molecule has 1 atom stereocenters. The van der Waals surface area contributed by atoms with E-state index in [-0.39, 0.29) is 29.3 Å². The summed E-state index contributed by atoms with van der Waals surface area (Å²) in [4.78, 5) is 14.6. The molecule has 0 bridgehead atoms. The highest BCUT2D eigenvalue weighted by molar-refractivity contribution is 7.80. The van der Waals surface area contributed by atoms with E-state index in [2.05, 4.69) is 0 Å². The second kappa shape index (κ2) is 9.85. The molecule has 1 heterocycles. The van der Waals surface area contributed by atoms with Crippen molar-refractivity contribution in [2.75, 3.05) is 27.9 Å². The van der Waals surface area contributed by atoms with Gasteiger partial charge in [0.05, 0.1) is 21.3 Å². The molecule has 0 aliphatic carbocycles. The van der Waals surface area contributed by atoms with E-state index in [0.717, 1.165) is 23.9 Å². The normalized spacial score (nSPS) is 17.7. The molecule has 0 N–H and O–H groups in total. The summed E-state index contributed by atoms with van der Waals surface area (Å²) >= 11 is 5.63. The van der Waals surface area contributed by atoms with E-state index < -0.39 is 29.2 Å². The molecular formula is C26H24F3NO5S. The van der Waals surface area contributed by atoms with Crippen molar-refractivity contribution in [3.63, 3.8) is 0 Å². The number of benzene rings is 3. The maximum absolute atomic E-state index is 13.8. The lowest BCUT2D eigenvalue weighted by molar-refractivity contribution is -0.168. The number of rotatable bonds is 6. The maximum atomic E-state index is 13.8. The number of carbonyl (C=O) groups is 1. The fourth-order valence-electron chi connectivity index (χ4n) is 4.46. The van der Waals surface area contributed by atoms with Crippen molar-refractivity contribution in [2.24, 2.45) is 0 Å². The quantitative estimate of drug-likeness (QED) is 0.311. The van der Waals surface area contributed by atoms with Crippen LogP contribution in [0.25, 0.3) is 10.8 Å². The second-order valence-electron chi connectivity index (χ2n) is 8.20. The Kier molecular flexibility index (Phi) is 6.99. The minimum atomic E-state index is -4.73. The first kappa shape index (κ1) is 25.6. The van der Waals surface area contributed by atoms with E-state index in [1.54, 1.807) is 12.1 Å². The third-order valence-corrected chi connectivity index (χ3v) is 6.58. The monoisotopic (exact) mass is 519 g/mol. The highest BCUT2D eigenvalue weighted by Crippen LogP contribution is 2.44. The number of alkyl halides is 3. The lowest BCUT2D eigenvalue weighted by atomic mass is 10.1. The van der Waals surface area contributed by atoms with Gasteiger partial charge in [0.15, 0.2) is 11.5 Å². The summed E-state index contributed by atoms with van der Waals surface area (Å²) in [7, 11) is 3.60. The summed E-state index contributed by atoms with van der Waals surface area (Å²) in [5.41, 5.74) is -2.66. The molecule has 3 aromatic rings. The van der Waals surface area contributed by atoms with Crippen molar-refractivity contribution >= 4 is 33.9 Å². The predicted octanol–water partition coefficient (Wildman–Crippen LogP) is 5.60. The molecule has 0 spiro atoms. The molecule has 10 heteroatoms. The van der Waals surface area contributed by atoms with Gasteiger partial charge >= 0.3 is 12.1 Å². The number of halogens is 3. The molecule has 0 saturated carbocycles. The van der Waals surface area contributed by atoms with Crippen LogP contribution < -0.4 is 14.2 Å². The first-order valence-electron chi connectivity index (χ1n) is 11.1. The molecule has 3 aromatic carbocycles. The number of hydrogen-bond donors (Lipinski definition) is 0. The van der Waals surface area contributed by atoms with Crippen molar-refractivity contribution in [2.45, 2.75) is 24.7 Å². The summed E-state index contributed by atoms with van der Waals surface area (Å²) in [6, 6.07) is 15.3. The third kappa shape index (κ3) is 4.53. The number of hydrogen-bond acceptors (Lipinski definition) is 6. The van der Waals surface area contributed by atoms with E-state index in [4.69, 9.17) is 31.2 Å². The number of carbonyl (C=O) groups excluding carboxylic acids is 1. The second-order valence-corrected chi connectivity index (χ2v) is 8.59. The van der Waals surface area contributed by atoms with E-state index in [0.29, 0.717) is 12.2 Å². The molecule has 6 nitrogen and oxygen atoms in total. The molecule has 0 amide bonds. The van der Waals surface area contributed by atoms with Crippen LogP contribution >= 0.6 is 12.2 Å². The van der Waals surface area contributed by atoms with E-state index in [1.807, 2.05) is 30.3 Å². The minimum absolute atomic E-state index is 0.00913. The van der Waals surface area contributed by atoms with Gasteiger partial charge in [-0.25, -0.2) is 4.79 Å². The molecule has 1 fully saturated rings. The SMILES string of the molecule is COC(=O)C1(Oc2ccc3ccccc3c2)CCCN1C(=S)c1cc(OC)c(OC)c(C(F)(F)F)c1. The molecule has 1 unspecified atom stereocenters. The summed E-state index contributed by atoms with van der Waals surface area (Å²) in [5, 5.41) is 1.89. The highest BCUT2D eigenvalue weighted by Gasteiger charge is 2.53. The largest absolute Gasteiger partial charge is 0.493 e. The van der Waals surface area contributed by atoms with Crippen LogP contribution in [-0.4, -0.2) is 49.5 Å². The van der Waals surface area contributed by atoms with E-state index in [9.17, 15) is 18.0 Å². The molecular weight excluding hydrogens is 495 g/mol. The maximum Gasteiger partial charge on any atom is 0.420 e. The van der Waals surface area contributed by atoms with Crippen LogP contribution in [-0.2, 0) is 15.7 Å². The first-order valence-corrected chi connectivity index (χ1v) is 11.5. The smallest absolute Gasteiger partial charge is 0.420 e. The van der Waals surface area contributed by atoms with Crippen LogP contribution in [0.3, 0.4) is 0 Å². The van der Waals surface area contributed by atoms with Crippen LogP contribution in [0.1, 0.15) is 24.0 Å². The number of esters is 1. The van der Waals surface area contributed by atoms with Crippen LogP contribution in [0.15, 0.2) is 54.6 Å². The molecule has 0 aromatic heterocycles. The van der Waals surface area contributed by atoms with Crippen LogP contribution in [0.2, 0.25) is 0 Å². The zero-order chi connectivity index (χ0) is 26.1. The predicted molar refractivity (Wildman–Crippen MR) is 132 cm³/mol. The van der Waals surface area contributed by atoms with Crippen molar-refractivity contribution < 1.29 is 36.9 Å². The molecule has 36 heavy (non-hydrogen) atoms. The van der Waals surface area contributed by atoms with Gasteiger partial charge in [-0.2, -0.15) is 13.2 Å². The number of thiocarbonyl (C=S) groups is 1. The van der Waals surface area contributed by atoms with Crippen molar-refractivity contribution in [1.82, 2.24) is 4.90 Å². The van der Waals surface area contributed by atoms with Gasteiger partial charge in [0, 0.05) is 18.5 Å².